The first-order valence-corrected chi connectivity index (χ1v) is 6.35. The Morgan fingerprint density at radius 1 is 1.44 bits per heavy atom. The van der Waals surface area contributed by atoms with Crippen LogP contribution in [0.2, 0.25) is 0 Å². The van der Waals surface area contributed by atoms with Gasteiger partial charge >= 0.3 is 6.09 Å². The molecule has 0 aromatic rings. The lowest BCUT2D eigenvalue weighted by molar-refractivity contribution is -0.0125. The zero-order valence-electron chi connectivity index (χ0n) is 13.4. The van der Waals surface area contributed by atoms with Gasteiger partial charge in [-0.3, -0.25) is 4.39 Å². The highest BCUT2D eigenvalue weighted by Gasteiger charge is 2.26. The molecule has 5 heteroatoms. The van der Waals surface area contributed by atoms with Gasteiger partial charge in [0.05, 0.1) is 15.5 Å². The first-order chi connectivity index (χ1) is 9.07. The molecule has 1 saturated heterocycles. The van der Waals surface area contributed by atoms with Gasteiger partial charge in [-0.05, 0) is 40.0 Å². The van der Waals surface area contributed by atoms with Gasteiger partial charge in [-0.25, -0.2) is 4.79 Å². The van der Waals surface area contributed by atoms with Gasteiger partial charge in [0, 0.05) is 19.7 Å². The lowest BCUT2D eigenvalue weighted by Gasteiger charge is -2.33. The average molecular weight is 263 g/mol. The Hall–Kier alpha value is -0.840. The van der Waals surface area contributed by atoms with Crippen molar-refractivity contribution in [1.29, 1.82) is 0 Å². The number of carbonyl (C=O) groups is 1. The van der Waals surface area contributed by atoms with E-state index >= 15 is 0 Å². The molecule has 18 heavy (non-hydrogen) atoms. The van der Waals surface area contributed by atoms with Crippen molar-refractivity contribution in [2.75, 3.05) is 26.3 Å². The van der Waals surface area contributed by atoms with Crippen molar-refractivity contribution in [1.82, 2.24) is 4.90 Å². The van der Waals surface area contributed by atoms with E-state index in [9.17, 15) is 9.18 Å². The number of amides is 1. The molecule has 0 aromatic carbocycles. The van der Waals surface area contributed by atoms with Gasteiger partial charge in [-0.2, -0.15) is 0 Å². The molecule has 4 nitrogen and oxygen atoms in total. The number of rotatable bonds is 4. The van der Waals surface area contributed by atoms with Gasteiger partial charge in [-0.1, -0.05) is 0 Å². The van der Waals surface area contributed by atoms with E-state index in [2.05, 4.69) is 0 Å². The Morgan fingerprint density at radius 3 is 2.56 bits per heavy atom. The van der Waals surface area contributed by atoms with E-state index in [1.807, 2.05) is 20.8 Å². The second-order valence-electron chi connectivity index (χ2n) is 5.42. The van der Waals surface area contributed by atoms with Gasteiger partial charge in [0.2, 0.25) is 0 Å². The zero-order valence-corrected chi connectivity index (χ0v) is 11.4. The van der Waals surface area contributed by atoms with E-state index in [0.717, 1.165) is 0 Å². The number of halogens is 1. The number of carbonyl (C=O) groups excluding carboxylic acids is 1. The average Bonchev–Trinajstić information content (AvgIpc) is 2.25. The summed E-state index contributed by atoms with van der Waals surface area (Å²) in [6, 6.07) is 0. The van der Waals surface area contributed by atoms with Crippen LogP contribution < -0.4 is 0 Å². The van der Waals surface area contributed by atoms with Crippen LogP contribution in [0.3, 0.4) is 0 Å². The Kier molecular flexibility index (Phi) is 4.70. The molecule has 0 saturated carbocycles. The van der Waals surface area contributed by atoms with Crippen LogP contribution in [0.25, 0.3) is 0 Å². The van der Waals surface area contributed by atoms with Crippen LogP contribution >= 0.6 is 0 Å². The number of likely N-dealkylation sites (tertiary alicyclic amines) is 1. The standard InChI is InChI=1S/C13H24FNO3/c1-13(2,3)18-12(16)15-8-5-11(6-9-15)17-10-4-7-14/h11H,4-10H2,1-3H3/i7D2. The van der Waals surface area contributed by atoms with Crippen LogP contribution in [0.4, 0.5) is 9.18 Å². The van der Waals surface area contributed by atoms with Crippen molar-refractivity contribution < 1.29 is 21.4 Å². The van der Waals surface area contributed by atoms with Crippen LogP contribution in [-0.2, 0) is 9.47 Å². The number of alkyl halides is 1. The summed E-state index contributed by atoms with van der Waals surface area (Å²) in [6.07, 6.45) is 0.689. The smallest absolute Gasteiger partial charge is 0.410 e. The molecule has 0 N–H and O–H groups in total. The molecule has 0 bridgehead atoms. The SMILES string of the molecule is [2H]C([2H])(F)CCOC1CCN(C(=O)OC(C)(C)C)CC1. The monoisotopic (exact) mass is 263 g/mol. The lowest BCUT2D eigenvalue weighted by atomic mass is 10.1. The van der Waals surface area contributed by atoms with Crippen molar-refractivity contribution in [3.05, 3.63) is 0 Å². The quantitative estimate of drug-likeness (QED) is 0.783. The van der Waals surface area contributed by atoms with Crippen LogP contribution in [0.15, 0.2) is 0 Å². The summed E-state index contributed by atoms with van der Waals surface area (Å²) >= 11 is 0. The van der Waals surface area contributed by atoms with Gasteiger partial charge in [-0.15, -0.1) is 0 Å². The fourth-order valence-electron chi connectivity index (χ4n) is 1.80. The van der Waals surface area contributed by atoms with Gasteiger partial charge < -0.3 is 14.4 Å². The van der Waals surface area contributed by atoms with E-state index in [4.69, 9.17) is 12.2 Å². The summed E-state index contributed by atoms with van der Waals surface area (Å²) in [5.74, 6) is 0. The summed E-state index contributed by atoms with van der Waals surface area (Å²) in [4.78, 5) is 13.5. The summed E-state index contributed by atoms with van der Waals surface area (Å²) in [5, 5.41) is 0. The van der Waals surface area contributed by atoms with E-state index in [1.54, 1.807) is 4.90 Å². The minimum atomic E-state index is -2.68. The van der Waals surface area contributed by atoms with Crippen molar-refractivity contribution >= 4 is 6.09 Å². The van der Waals surface area contributed by atoms with Gasteiger partial charge in [0.15, 0.2) is 0 Å². The van der Waals surface area contributed by atoms with E-state index in [-0.39, 0.29) is 25.2 Å². The molecular weight excluding hydrogens is 237 g/mol. The van der Waals surface area contributed by atoms with Crippen molar-refractivity contribution in [2.45, 2.75) is 51.7 Å². The maximum absolute atomic E-state index is 12.7. The summed E-state index contributed by atoms with van der Waals surface area (Å²) in [6.45, 7) is 3.94. The third-order valence-corrected chi connectivity index (χ3v) is 2.64. The largest absolute Gasteiger partial charge is 0.444 e. The topological polar surface area (TPSA) is 38.8 Å². The van der Waals surface area contributed by atoms with Crippen LogP contribution in [-0.4, -0.2) is 49.0 Å². The molecule has 0 aromatic heterocycles. The van der Waals surface area contributed by atoms with Gasteiger partial charge in [0.1, 0.15) is 5.60 Å². The van der Waals surface area contributed by atoms with E-state index in [0.29, 0.717) is 25.9 Å². The fraction of sp³-hybridized carbons (Fsp3) is 0.923. The first kappa shape index (κ1) is 12.2. The minimum absolute atomic E-state index is 0.0453. The maximum Gasteiger partial charge on any atom is 0.410 e. The molecule has 1 aliphatic rings. The van der Waals surface area contributed by atoms with E-state index < -0.39 is 12.2 Å². The van der Waals surface area contributed by atoms with Gasteiger partial charge in [0.25, 0.3) is 0 Å². The molecule has 0 atom stereocenters. The number of hydrogen-bond acceptors (Lipinski definition) is 3. The predicted molar refractivity (Wildman–Crippen MR) is 67.4 cm³/mol. The number of piperidine rings is 1. The number of ether oxygens (including phenoxy) is 2. The van der Waals surface area contributed by atoms with Crippen LogP contribution in [0.5, 0.6) is 0 Å². The summed E-state index contributed by atoms with van der Waals surface area (Å²) in [5.41, 5.74) is -0.503. The minimum Gasteiger partial charge on any atom is -0.444 e. The summed E-state index contributed by atoms with van der Waals surface area (Å²) in [7, 11) is 0. The molecule has 106 valence electrons. The Labute approximate surface area is 111 Å². The molecule has 0 radical (unpaired) electrons. The third kappa shape index (κ3) is 5.67. The Bertz CT molecular complexity index is 321. The second-order valence-corrected chi connectivity index (χ2v) is 5.42. The Balaban J connectivity index is 2.25. The van der Waals surface area contributed by atoms with Crippen LogP contribution in [0, 0.1) is 0 Å². The number of hydrogen-bond donors (Lipinski definition) is 0. The Morgan fingerprint density at radius 2 is 2.06 bits per heavy atom. The van der Waals surface area contributed by atoms with Crippen molar-refractivity contribution in [2.24, 2.45) is 0 Å². The molecule has 1 heterocycles. The molecule has 0 aliphatic carbocycles. The third-order valence-electron chi connectivity index (χ3n) is 2.64. The molecule has 0 spiro atoms. The lowest BCUT2D eigenvalue weighted by Crippen LogP contribution is -2.43. The molecule has 1 fully saturated rings. The maximum atomic E-state index is 12.7. The molecule has 1 rings (SSSR count). The fourth-order valence-corrected chi connectivity index (χ4v) is 1.80. The van der Waals surface area contributed by atoms with E-state index in [1.165, 1.54) is 0 Å². The molecule has 1 aliphatic heterocycles. The van der Waals surface area contributed by atoms with Crippen molar-refractivity contribution in [3.8, 4) is 0 Å². The number of nitrogens with zero attached hydrogens (tertiary/aromatic N) is 1. The second kappa shape index (κ2) is 6.92. The zero-order chi connectivity index (χ0) is 15.4. The van der Waals surface area contributed by atoms with Crippen molar-refractivity contribution in [3.63, 3.8) is 0 Å². The van der Waals surface area contributed by atoms with Crippen LogP contribution in [0.1, 0.15) is 42.8 Å². The molecule has 1 amide bonds. The normalized spacial score (nSPS) is 20.3. The summed E-state index contributed by atoms with van der Waals surface area (Å²) < 4.78 is 36.9. The highest BCUT2D eigenvalue weighted by Crippen LogP contribution is 2.17. The molecular formula is C13H24FNO3. The first-order valence-electron chi connectivity index (χ1n) is 7.35. The predicted octanol–water partition coefficient (Wildman–Crippen LogP) is 2.76. The highest BCUT2D eigenvalue weighted by molar-refractivity contribution is 5.68. The highest BCUT2D eigenvalue weighted by atomic mass is 19.1. The molecule has 0 unspecified atom stereocenters.